The molecule has 0 aliphatic heterocycles. The van der Waals surface area contributed by atoms with Crippen LogP contribution in [0.2, 0.25) is 0 Å². The van der Waals surface area contributed by atoms with E-state index < -0.39 is 11.9 Å². The van der Waals surface area contributed by atoms with E-state index >= 15 is 0 Å². The van der Waals surface area contributed by atoms with Crippen molar-refractivity contribution in [3.63, 3.8) is 0 Å². The van der Waals surface area contributed by atoms with Gasteiger partial charge in [0.05, 0.1) is 0 Å². The highest BCUT2D eigenvalue weighted by Gasteiger charge is 2.44. The molecule has 4 heteroatoms. The second-order valence-corrected chi connectivity index (χ2v) is 7.82. The predicted octanol–water partition coefficient (Wildman–Crippen LogP) is 4.91. The van der Waals surface area contributed by atoms with Gasteiger partial charge in [-0.15, -0.1) is 0 Å². The van der Waals surface area contributed by atoms with Crippen molar-refractivity contribution < 1.29 is 19.8 Å². The fraction of sp³-hybridized carbons (Fsp3) is 0.700. The van der Waals surface area contributed by atoms with Crippen LogP contribution < -0.4 is 0 Å². The van der Waals surface area contributed by atoms with Crippen LogP contribution in [-0.2, 0) is 9.59 Å². The van der Waals surface area contributed by atoms with E-state index in [1.54, 1.807) is 0 Å². The summed E-state index contributed by atoms with van der Waals surface area (Å²) in [6.45, 7) is 12.5. The third-order valence-corrected chi connectivity index (χ3v) is 5.76. The van der Waals surface area contributed by atoms with Crippen LogP contribution in [0.4, 0.5) is 0 Å². The molecule has 24 heavy (non-hydrogen) atoms. The number of aliphatic carboxylic acids is 2. The molecule has 0 unspecified atom stereocenters. The molecule has 1 aliphatic carbocycles. The van der Waals surface area contributed by atoms with Crippen molar-refractivity contribution in [2.75, 3.05) is 0 Å². The molecule has 0 heterocycles. The molecule has 0 aromatic heterocycles. The summed E-state index contributed by atoms with van der Waals surface area (Å²) in [6.07, 6.45) is 5.89. The number of rotatable bonds is 9. The van der Waals surface area contributed by atoms with Gasteiger partial charge in [-0.05, 0) is 62.7 Å². The maximum absolute atomic E-state index is 11.1. The minimum atomic E-state index is -0.762. The summed E-state index contributed by atoms with van der Waals surface area (Å²) < 4.78 is 0. The maximum Gasteiger partial charge on any atom is 0.303 e. The minimum absolute atomic E-state index is 0.129. The minimum Gasteiger partial charge on any atom is -0.481 e. The standard InChI is InChI=1S/C20H32O4/c1-13(2)16-9-7-15(4)17(8-6-14(3)12-19(23)24)20(16,5)11-10-18(21)22/h7,14,16-17H,1,6,8-12H2,2-5H3,(H,21,22)(H,23,24)/t14-,16+,17+,20+/m0/s1. The maximum atomic E-state index is 11.1. The first-order chi connectivity index (χ1) is 11.1. The van der Waals surface area contributed by atoms with Gasteiger partial charge < -0.3 is 10.2 Å². The van der Waals surface area contributed by atoms with E-state index in [4.69, 9.17) is 10.2 Å². The average Bonchev–Trinajstić information content (AvgIpc) is 2.43. The number of carboxylic acids is 2. The molecule has 0 saturated heterocycles. The van der Waals surface area contributed by atoms with E-state index in [0.29, 0.717) is 6.42 Å². The first-order valence-corrected chi connectivity index (χ1v) is 8.83. The first-order valence-electron chi connectivity index (χ1n) is 8.83. The largest absolute Gasteiger partial charge is 0.481 e. The molecule has 136 valence electrons. The highest BCUT2D eigenvalue weighted by atomic mass is 16.4. The van der Waals surface area contributed by atoms with Gasteiger partial charge >= 0.3 is 11.9 Å². The normalized spacial score (nSPS) is 28.1. The molecule has 0 fully saturated rings. The molecular formula is C20H32O4. The SMILES string of the molecule is C=C(C)[C@H]1CC=C(C)[C@@H](CC[C@H](C)CC(=O)O)[C@]1(C)CCC(=O)O. The molecule has 2 N–H and O–H groups in total. The van der Waals surface area contributed by atoms with Gasteiger partial charge in [0.25, 0.3) is 0 Å². The molecule has 0 aromatic rings. The predicted molar refractivity (Wildman–Crippen MR) is 95.8 cm³/mol. The zero-order valence-corrected chi connectivity index (χ0v) is 15.5. The van der Waals surface area contributed by atoms with E-state index in [-0.39, 0.29) is 36.0 Å². The Morgan fingerprint density at radius 3 is 2.50 bits per heavy atom. The summed E-state index contributed by atoms with van der Waals surface area (Å²) in [6, 6.07) is 0. The van der Waals surface area contributed by atoms with Crippen molar-refractivity contribution >= 4 is 11.9 Å². The quantitative estimate of drug-likeness (QED) is 0.587. The van der Waals surface area contributed by atoms with Crippen LogP contribution in [0, 0.1) is 23.2 Å². The lowest BCUT2D eigenvalue weighted by atomic mass is 9.56. The molecule has 0 aromatic carbocycles. The van der Waals surface area contributed by atoms with Gasteiger partial charge in [-0.2, -0.15) is 0 Å². The number of carbonyl (C=O) groups is 2. The van der Waals surface area contributed by atoms with Crippen LogP contribution in [0.15, 0.2) is 23.8 Å². The van der Waals surface area contributed by atoms with Gasteiger partial charge in [-0.1, -0.05) is 37.6 Å². The lowest BCUT2D eigenvalue weighted by molar-refractivity contribution is -0.139. The smallest absolute Gasteiger partial charge is 0.303 e. The fourth-order valence-corrected chi connectivity index (χ4v) is 4.38. The topological polar surface area (TPSA) is 74.6 Å². The zero-order valence-electron chi connectivity index (χ0n) is 15.5. The monoisotopic (exact) mass is 336 g/mol. The Balaban J connectivity index is 2.98. The Labute approximate surface area is 145 Å². The van der Waals surface area contributed by atoms with Gasteiger partial charge in [0.2, 0.25) is 0 Å². The number of carboxylic acid groups (broad SMARTS) is 2. The van der Waals surface area contributed by atoms with Gasteiger partial charge in [0.15, 0.2) is 0 Å². The van der Waals surface area contributed by atoms with Gasteiger partial charge in [0.1, 0.15) is 0 Å². The zero-order chi connectivity index (χ0) is 18.5. The molecule has 1 aliphatic rings. The van der Waals surface area contributed by atoms with Crippen LogP contribution in [0.25, 0.3) is 0 Å². The summed E-state index contributed by atoms with van der Waals surface area (Å²) in [5, 5.41) is 18.1. The number of allylic oxidation sites excluding steroid dienone is 3. The second-order valence-electron chi connectivity index (χ2n) is 7.82. The van der Waals surface area contributed by atoms with Crippen LogP contribution in [0.1, 0.15) is 66.2 Å². The summed E-state index contributed by atoms with van der Waals surface area (Å²) in [4.78, 5) is 22.0. The summed E-state index contributed by atoms with van der Waals surface area (Å²) >= 11 is 0. The van der Waals surface area contributed by atoms with E-state index in [2.05, 4.69) is 26.5 Å². The van der Waals surface area contributed by atoms with Crippen molar-refractivity contribution in [1.82, 2.24) is 0 Å². The third kappa shape index (κ3) is 5.22. The lowest BCUT2D eigenvalue weighted by Crippen LogP contribution is -2.40. The van der Waals surface area contributed by atoms with E-state index in [0.717, 1.165) is 24.8 Å². The van der Waals surface area contributed by atoms with E-state index in [1.807, 2.05) is 13.8 Å². The second kappa shape index (κ2) is 8.50. The van der Waals surface area contributed by atoms with E-state index in [9.17, 15) is 9.59 Å². The van der Waals surface area contributed by atoms with Crippen LogP contribution in [0.3, 0.4) is 0 Å². The highest BCUT2D eigenvalue weighted by Crippen LogP contribution is 2.52. The molecule has 4 nitrogen and oxygen atoms in total. The molecule has 0 amide bonds. The molecule has 0 radical (unpaired) electrons. The Bertz CT molecular complexity index is 520. The summed E-state index contributed by atoms with van der Waals surface area (Å²) in [5.74, 6) is -0.832. The highest BCUT2D eigenvalue weighted by molar-refractivity contribution is 5.67. The van der Waals surface area contributed by atoms with Crippen molar-refractivity contribution in [3.05, 3.63) is 23.8 Å². The fourth-order valence-electron chi connectivity index (χ4n) is 4.38. The van der Waals surface area contributed by atoms with Crippen LogP contribution in [-0.4, -0.2) is 22.2 Å². The van der Waals surface area contributed by atoms with Crippen LogP contribution in [0.5, 0.6) is 0 Å². The van der Waals surface area contributed by atoms with Crippen molar-refractivity contribution in [3.8, 4) is 0 Å². The molecule has 4 atom stereocenters. The number of hydrogen-bond acceptors (Lipinski definition) is 2. The van der Waals surface area contributed by atoms with Crippen molar-refractivity contribution in [2.45, 2.75) is 66.2 Å². The van der Waals surface area contributed by atoms with Gasteiger partial charge in [-0.25, -0.2) is 0 Å². The Morgan fingerprint density at radius 1 is 1.38 bits per heavy atom. The third-order valence-electron chi connectivity index (χ3n) is 5.76. The molecule has 0 saturated carbocycles. The van der Waals surface area contributed by atoms with Gasteiger partial charge in [0, 0.05) is 12.8 Å². The Kier molecular flexibility index (Phi) is 7.25. The van der Waals surface area contributed by atoms with Crippen LogP contribution >= 0.6 is 0 Å². The molecule has 1 rings (SSSR count). The first kappa shape index (κ1) is 20.5. The van der Waals surface area contributed by atoms with Gasteiger partial charge in [-0.3, -0.25) is 9.59 Å². The van der Waals surface area contributed by atoms with E-state index in [1.165, 1.54) is 5.57 Å². The molecule has 0 bridgehead atoms. The van der Waals surface area contributed by atoms with Crippen molar-refractivity contribution in [2.24, 2.45) is 23.2 Å². The van der Waals surface area contributed by atoms with Crippen molar-refractivity contribution in [1.29, 1.82) is 0 Å². The lowest BCUT2D eigenvalue weighted by Gasteiger charge is -2.48. The summed E-state index contributed by atoms with van der Waals surface area (Å²) in [5.41, 5.74) is 2.28. The molecular weight excluding hydrogens is 304 g/mol. The summed E-state index contributed by atoms with van der Waals surface area (Å²) in [7, 11) is 0. The molecule has 0 spiro atoms. The Morgan fingerprint density at radius 2 is 2.00 bits per heavy atom. The number of hydrogen-bond donors (Lipinski definition) is 2. The Hall–Kier alpha value is -1.58. The average molecular weight is 336 g/mol.